The first-order valence-electron chi connectivity index (χ1n) is 7.05. The van der Waals surface area contributed by atoms with Crippen LogP contribution < -0.4 is 5.32 Å². The third-order valence-electron chi connectivity index (χ3n) is 3.19. The first-order chi connectivity index (χ1) is 10.9. The Morgan fingerprint density at radius 2 is 2.00 bits per heavy atom. The van der Waals surface area contributed by atoms with Crippen molar-refractivity contribution < 1.29 is 18.7 Å². The quantitative estimate of drug-likeness (QED) is 0.824. The number of hydrogen-bond donors (Lipinski definition) is 2. The Kier molecular flexibility index (Phi) is 5.32. The van der Waals surface area contributed by atoms with Crippen LogP contribution in [0.1, 0.15) is 37.3 Å². The molecule has 0 aliphatic carbocycles. The average Bonchev–Trinajstić information content (AvgIpc) is 2.93. The van der Waals surface area contributed by atoms with Crippen LogP contribution in [0.2, 0.25) is 0 Å². The lowest BCUT2D eigenvalue weighted by atomic mass is 10.1. The van der Waals surface area contributed by atoms with E-state index in [0.717, 1.165) is 12.1 Å². The summed E-state index contributed by atoms with van der Waals surface area (Å²) < 4.78 is 28.4. The van der Waals surface area contributed by atoms with Crippen molar-refractivity contribution in [3.05, 3.63) is 41.2 Å². The number of hydrogen-bond acceptors (Lipinski definition) is 5. The predicted molar refractivity (Wildman–Crippen MR) is 76.2 cm³/mol. The van der Waals surface area contributed by atoms with Gasteiger partial charge in [0.15, 0.2) is 5.82 Å². The van der Waals surface area contributed by atoms with Crippen LogP contribution in [-0.2, 0) is 11.3 Å². The molecule has 0 saturated heterocycles. The molecule has 0 saturated carbocycles. The number of halogens is 2. The van der Waals surface area contributed by atoms with Crippen LogP contribution in [-0.4, -0.2) is 37.8 Å². The number of aromatic nitrogens is 4. The van der Waals surface area contributed by atoms with E-state index >= 15 is 0 Å². The van der Waals surface area contributed by atoms with Gasteiger partial charge in [-0.25, -0.2) is 13.5 Å². The second-order valence-corrected chi connectivity index (χ2v) is 5.30. The number of nitrogens with one attached hydrogen (secondary N) is 1. The van der Waals surface area contributed by atoms with Gasteiger partial charge in [0.2, 0.25) is 5.91 Å². The second-order valence-electron chi connectivity index (χ2n) is 5.30. The highest BCUT2D eigenvalue weighted by Crippen LogP contribution is 2.19. The lowest BCUT2D eigenvalue weighted by Crippen LogP contribution is -2.32. The third kappa shape index (κ3) is 4.07. The van der Waals surface area contributed by atoms with E-state index < -0.39 is 29.2 Å². The zero-order valence-electron chi connectivity index (χ0n) is 12.7. The number of aliphatic hydroxyl groups excluding tert-OH is 1. The van der Waals surface area contributed by atoms with Crippen molar-refractivity contribution >= 4 is 5.91 Å². The molecule has 0 radical (unpaired) electrons. The summed E-state index contributed by atoms with van der Waals surface area (Å²) in [7, 11) is 0. The Labute approximate surface area is 131 Å². The summed E-state index contributed by atoms with van der Waals surface area (Å²) in [5.41, 5.74) is -0.474. The van der Waals surface area contributed by atoms with Crippen LogP contribution in [0.3, 0.4) is 0 Å². The van der Waals surface area contributed by atoms with E-state index in [1.807, 2.05) is 13.8 Å². The van der Waals surface area contributed by atoms with Gasteiger partial charge in [-0.05, 0) is 22.6 Å². The molecular formula is C14H17F2N5O2. The Morgan fingerprint density at radius 3 is 2.61 bits per heavy atom. The minimum absolute atomic E-state index is 0.0379. The standard InChI is InChI=1S/C14H17F2N5O2/c1-8(2)14-18-19-20-21(14)7-12(23)17-6-11(22)13-9(15)4-3-5-10(13)16/h3-5,8,11,22H,6-7H2,1-2H3,(H,17,23). The van der Waals surface area contributed by atoms with Gasteiger partial charge in [-0.15, -0.1) is 5.10 Å². The summed E-state index contributed by atoms with van der Waals surface area (Å²) in [6.07, 6.45) is -1.49. The van der Waals surface area contributed by atoms with Crippen molar-refractivity contribution in [2.24, 2.45) is 0 Å². The van der Waals surface area contributed by atoms with Crippen molar-refractivity contribution in [3.8, 4) is 0 Å². The number of carbonyl (C=O) groups is 1. The van der Waals surface area contributed by atoms with Crippen LogP contribution in [0.15, 0.2) is 18.2 Å². The molecule has 1 atom stereocenters. The monoisotopic (exact) mass is 325 g/mol. The van der Waals surface area contributed by atoms with E-state index in [1.165, 1.54) is 10.7 Å². The van der Waals surface area contributed by atoms with Crippen molar-refractivity contribution in [1.29, 1.82) is 0 Å². The van der Waals surface area contributed by atoms with E-state index in [-0.39, 0.29) is 19.0 Å². The fourth-order valence-corrected chi connectivity index (χ4v) is 2.07. The summed E-state index contributed by atoms with van der Waals surface area (Å²) in [6, 6.07) is 3.28. The van der Waals surface area contributed by atoms with Gasteiger partial charge >= 0.3 is 0 Å². The Hall–Kier alpha value is -2.42. The van der Waals surface area contributed by atoms with Gasteiger partial charge in [0, 0.05) is 12.5 Å². The maximum atomic E-state index is 13.5. The van der Waals surface area contributed by atoms with Crippen molar-refractivity contribution in [1.82, 2.24) is 25.5 Å². The van der Waals surface area contributed by atoms with Gasteiger partial charge in [-0.2, -0.15) is 0 Å². The van der Waals surface area contributed by atoms with Crippen LogP contribution in [0, 0.1) is 11.6 Å². The number of benzene rings is 1. The molecule has 2 aromatic rings. The minimum atomic E-state index is -1.49. The molecule has 1 heterocycles. The molecule has 0 spiro atoms. The van der Waals surface area contributed by atoms with Gasteiger partial charge in [-0.1, -0.05) is 19.9 Å². The molecule has 0 fully saturated rings. The van der Waals surface area contributed by atoms with E-state index in [1.54, 1.807) is 0 Å². The minimum Gasteiger partial charge on any atom is -0.386 e. The Morgan fingerprint density at radius 1 is 1.35 bits per heavy atom. The number of rotatable bonds is 6. The van der Waals surface area contributed by atoms with Crippen molar-refractivity contribution in [2.45, 2.75) is 32.4 Å². The zero-order chi connectivity index (χ0) is 17.0. The molecule has 23 heavy (non-hydrogen) atoms. The molecule has 1 aromatic carbocycles. The smallest absolute Gasteiger partial charge is 0.241 e. The fourth-order valence-electron chi connectivity index (χ4n) is 2.07. The Bertz CT molecular complexity index is 669. The van der Waals surface area contributed by atoms with Gasteiger partial charge in [0.25, 0.3) is 0 Å². The SMILES string of the molecule is CC(C)c1nnnn1CC(=O)NCC(O)c1c(F)cccc1F. The average molecular weight is 325 g/mol. The fraction of sp³-hybridized carbons (Fsp3) is 0.429. The summed E-state index contributed by atoms with van der Waals surface area (Å²) in [5.74, 6) is -1.63. The van der Waals surface area contributed by atoms with Crippen molar-refractivity contribution in [2.75, 3.05) is 6.54 Å². The topological polar surface area (TPSA) is 92.9 Å². The molecule has 0 aliphatic rings. The van der Waals surface area contributed by atoms with Gasteiger partial charge in [0.05, 0.1) is 5.56 Å². The van der Waals surface area contributed by atoms with Crippen LogP contribution in [0.4, 0.5) is 8.78 Å². The highest BCUT2D eigenvalue weighted by molar-refractivity contribution is 5.75. The maximum Gasteiger partial charge on any atom is 0.241 e. The second kappa shape index (κ2) is 7.23. The number of aliphatic hydroxyl groups is 1. The summed E-state index contributed by atoms with van der Waals surface area (Å²) in [5, 5.41) is 23.3. The molecule has 2 rings (SSSR count). The Balaban J connectivity index is 1.95. The van der Waals surface area contributed by atoms with Gasteiger partial charge < -0.3 is 10.4 Å². The lowest BCUT2D eigenvalue weighted by Gasteiger charge is -2.14. The van der Waals surface area contributed by atoms with E-state index in [2.05, 4.69) is 20.8 Å². The van der Waals surface area contributed by atoms with E-state index in [9.17, 15) is 18.7 Å². The van der Waals surface area contributed by atoms with E-state index in [0.29, 0.717) is 5.82 Å². The lowest BCUT2D eigenvalue weighted by molar-refractivity contribution is -0.122. The highest BCUT2D eigenvalue weighted by Gasteiger charge is 2.19. The van der Waals surface area contributed by atoms with Gasteiger partial charge in [0.1, 0.15) is 24.3 Å². The maximum absolute atomic E-state index is 13.5. The number of amides is 1. The van der Waals surface area contributed by atoms with E-state index in [4.69, 9.17) is 0 Å². The third-order valence-corrected chi connectivity index (χ3v) is 3.19. The largest absolute Gasteiger partial charge is 0.386 e. The van der Waals surface area contributed by atoms with Crippen LogP contribution in [0.5, 0.6) is 0 Å². The van der Waals surface area contributed by atoms with Gasteiger partial charge in [-0.3, -0.25) is 4.79 Å². The molecule has 1 unspecified atom stereocenters. The van der Waals surface area contributed by atoms with Crippen LogP contribution >= 0.6 is 0 Å². The van der Waals surface area contributed by atoms with Crippen LogP contribution in [0.25, 0.3) is 0 Å². The number of carbonyl (C=O) groups excluding carboxylic acids is 1. The highest BCUT2D eigenvalue weighted by atomic mass is 19.1. The summed E-state index contributed by atoms with van der Waals surface area (Å²) in [4.78, 5) is 11.9. The predicted octanol–water partition coefficient (Wildman–Crippen LogP) is 0.924. The molecule has 0 bridgehead atoms. The molecule has 1 amide bonds. The molecule has 9 heteroatoms. The molecular weight excluding hydrogens is 308 g/mol. The normalized spacial score (nSPS) is 12.4. The molecule has 124 valence electrons. The molecule has 0 aliphatic heterocycles. The molecule has 2 N–H and O–H groups in total. The molecule has 1 aromatic heterocycles. The molecule has 7 nitrogen and oxygen atoms in total. The van der Waals surface area contributed by atoms with Crippen molar-refractivity contribution in [3.63, 3.8) is 0 Å². The number of tetrazole rings is 1. The zero-order valence-corrected chi connectivity index (χ0v) is 12.7. The summed E-state index contributed by atoms with van der Waals surface area (Å²) in [6.45, 7) is 3.29. The summed E-state index contributed by atoms with van der Waals surface area (Å²) >= 11 is 0. The first kappa shape index (κ1) is 16.9. The number of nitrogens with zero attached hydrogens (tertiary/aromatic N) is 4. The first-order valence-corrected chi connectivity index (χ1v) is 7.05.